The average molecular weight is 491 g/mol. The fourth-order valence-electron chi connectivity index (χ4n) is 4.10. The Bertz CT molecular complexity index is 1350. The van der Waals surface area contributed by atoms with Gasteiger partial charge in [0.15, 0.2) is 5.13 Å². The van der Waals surface area contributed by atoms with E-state index in [1.54, 1.807) is 37.4 Å². The first-order valence-corrected chi connectivity index (χ1v) is 12.0. The van der Waals surface area contributed by atoms with Crippen LogP contribution in [0.1, 0.15) is 18.1 Å². The summed E-state index contributed by atoms with van der Waals surface area (Å²) in [6.07, 6.45) is -0.326. The maximum Gasteiger partial charge on any atom is 0.306 e. The number of hydrogen-bond donors (Lipinski definition) is 3. The molecule has 0 amide bonds. The molecule has 6 nitrogen and oxygen atoms in total. The van der Waals surface area contributed by atoms with Crippen LogP contribution in [0.25, 0.3) is 22.4 Å². The molecule has 4 aromatic rings. The molecule has 1 heterocycles. The summed E-state index contributed by atoms with van der Waals surface area (Å²) in [7, 11) is 1.62. The van der Waals surface area contributed by atoms with Gasteiger partial charge in [0.25, 0.3) is 0 Å². The van der Waals surface area contributed by atoms with Crippen LogP contribution < -0.4 is 10.1 Å². The van der Waals surface area contributed by atoms with Crippen molar-refractivity contribution in [3.8, 4) is 28.1 Å². The van der Waals surface area contributed by atoms with Crippen molar-refractivity contribution >= 4 is 28.1 Å². The molecule has 0 bridgehead atoms. The number of anilines is 2. The van der Waals surface area contributed by atoms with E-state index in [4.69, 9.17) is 9.84 Å². The third-order valence-corrected chi connectivity index (χ3v) is 7.01. The van der Waals surface area contributed by atoms with Crippen LogP contribution in [0.3, 0.4) is 0 Å². The van der Waals surface area contributed by atoms with Crippen molar-refractivity contribution in [1.82, 2.24) is 4.98 Å². The number of benzene rings is 3. The van der Waals surface area contributed by atoms with E-state index >= 15 is 0 Å². The number of methoxy groups -OCH3 is 1. The van der Waals surface area contributed by atoms with Crippen LogP contribution in [0, 0.1) is 17.7 Å². The number of halogens is 1. The molecule has 1 aliphatic rings. The van der Waals surface area contributed by atoms with Gasteiger partial charge in [-0.1, -0.05) is 30.3 Å². The number of carbonyl (C=O) groups is 1. The Balaban J connectivity index is 1.27. The maximum absolute atomic E-state index is 14.9. The molecule has 3 N–H and O–H groups in total. The molecule has 3 atom stereocenters. The molecule has 0 saturated heterocycles. The fraction of sp³-hybridized carbons (Fsp3) is 0.185. The molecular weight excluding hydrogens is 467 g/mol. The zero-order valence-electron chi connectivity index (χ0n) is 18.8. The van der Waals surface area contributed by atoms with Gasteiger partial charge in [0.05, 0.1) is 30.5 Å². The summed E-state index contributed by atoms with van der Waals surface area (Å²) in [6, 6.07) is 19.7. The third-order valence-electron chi connectivity index (χ3n) is 6.25. The van der Waals surface area contributed by atoms with Crippen molar-refractivity contribution in [2.75, 3.05) is 12.4 Å². The minimum Gasteiger partial charge on any atom is -0.497 e. The molecule has 0 spiro atoms. The van der Waals surface area contributed by atoms with Gasteiger partial charge in [-0.2, -0.15) is 0 Å². The highest BCUT2D eigenvalue weighted by Crippen LogP contribution is 2.47. The van der Waals surface area contributed by atoms with E-state index in [0.29, 0.717) is 28.4 Å². The first-order chi connectivity index (χ1) is 16.9. The van der Waals surface area contributed by atoms with Crippen molar-refractivity contribution < 1.29 is 24.1 Å². The van der Waals surface area contributed by atoms with Gasteiger partial charge in [0.1, 0.15) is 11.6 Å². The largest absolute Gasteiger partial charge is 0.497 e. The molecule has 35 heavy (non-hydrogen) atoms. The van der Waals surface area contributed by atoms with Gasteiger partial charge in [0, 0.05) is 16.9 Å². The predicted molar refractivity (Wildman–Crippen MR) is 133 cm³/mol. The van der Waals surface area contributed by atoms with E-state index in [1.807, 2.05) is 35.7 Å². The van der Waals surface area contributed by atoms with Crippen LogP contribution in [0.5, 0.6) is 5.75 Å². The van der Waals surface area contributed by atoms with E-state index in [0.717, 1.165) is 22.6 Å². The highest BCUT2D eigenvalue weighted by Gasteiger charge is 2.47. The second kappa shape index (κ2) is 9.48. The minimum atomic E-state index is -0.871. The number of aliphatic hydroxyl groups is 1. The van der Waals surface area contributed by atoms with Crippen molar-refractivity contribution in [3.05, 3.63) is 83.5 Å². The quantitative estimate of drug-likeness (QED) is 0.276. The summed E-state index contributed by atoms with van der Waals surface area (Å²) in [4.78, 5) is 15.6. The molecule has 1 saturated carbocycles. The van der Waals surface area contributed by atoms with Gasteiger partial charge in [-0.05, 0) is 59.5 Å². The topological polar surface area (TPSA) is 91.7 Å². The van der Waals surface area contributed by atoms with Crippen LogP contribution in [-0.4, -0.2) is 28.3 Å². The Morgan fingerprint density at radius 2 is 1.77 bits per heavy atom. The number of aromatic nitrogens is 1. The molecule has 8 heteroatoms. The van der Waals surface area contributed by atoms with Crippen LogP contribution >= 0.6 is 11.3 Å². The zero-order valence-corrected chi connectivity index (χ0v) is 19.6. The molecule has 5 rings (SSSR count). The highest BCUT2D eigenvalue weighted by atomic mass is 32.1. The lowest BCUT2D eigenvalue weighted by Crippen LogP contribution is -2.06. The van der Waals surface area contributed by atoms with Gasteiger partial charge >= 0.3 is 5.97 Å². The summed E-state index contributed by atoms with van der Waals surface area (Å²) >= 11 is 1.39. The van der Waals surface area contributed by atoms with Crippen molar-refractivity contribution in [3.63, 3.8) is 0 Å². The fourth-order valence-corrected chi connectivity index (χ4v) is 4.84. The monoisotopic (exact) mass is 490 g/mol. The van der Waals surface area contributed by atoms with Crippen molar-refractivity contribution in [2.24, 2.45) is 11.8 Å². The van der Waals surface area contributed by atoms with E-state index in [2.05, 4.69) is 10.3 Å². The summed E-state index contributed by atoms with van der Waals surface area (Å²) in [6.45, 7) is 0. The number of ether oxygens (including phenoxy) is 1. The zero-order chi connectivity index (χ0) is 24.5. The van der Waals surface area contributed by atoms with Crippen LogP contribution in [0.15, 0.2) is 72.1 Å². The molecule has 1 fully saturated rings. The number of carboxylic acid groups (broad SMARTS) is 1. The smallest absolute Gasteiger partial charge is 0.306 e. The van der Waals surface area contributed by atoms with Gasteiger partial charge in [-0.25, -0.2) is 9.37 Å². The van der Waals surface area contributed by atoms with Gasteiger partial charge in [-0.15, -0.1) is 11.3 Å². The molecule has 1 unspecified atom stereocenters. The Labute approximate surface area is 205 Å². The van der Waals surface area contributed by atoms with Crippen LogP contribution in [0.2, 0.25) is 0 Å². The Kier molecular flexibility index (Phi) is 6.23. The number of rotatable bonds is 8. The van der Waals surface area contributed by atoms with E-state index in [1.165, 1.54) is 17.4 Å². The summed E-state index contributed by atoms with van der Waals surface area (Å²) in [5.41, 5.74) is 4.22. The number of aliphatic hydroxyl groups excluding tert-OH is 1. The Morgan fingerprint density at radius 1 is 1.09 bits per heavy atom. The number of thiazole rings is 1. The number of nitrogens with one attached hydrogen (secondary N) is 1. The van der Waals surface area contributed by atoms with Crippen molar-refractivity contribution in [1.29, 1.82) is 0 Å². The van der Waals surface area contributed by atoms with Crippen LogP contribution in [0.4, 0.5) is 15.2 Å². The highest BCUT2D eigenvalue weighted by molar-refractivity contribution is 7.14. The molecular formula is C27H23FN2O4S. The normalized spacial score (nSPS) is 17.6. The number of hydrogen-bond acceptors (Lipinski definition) is 6. The standard InChI is InChI=1S/C27H23FN2O4S/c1-34-19-9-6-16(7-10-19)24-14-35-27(30-24)29-23-11-8-18(12-22(23)28)15-2-4-17(5-3-15)25(31)20-13-21(20)26(32)33/h2-12,14,20-21,25,31H,13H2,1H3,(H,29,30)(H,32,33)/t20-,21-,25?/m0/s1. The molecule has 0 aliphatic heterocycles. The van der Waals surface area contributed by atoms with Gasteiger partial charge in [0.2, 0.25) is 0 Å². The predicted octanol–water partition coefficient (Wildman–Crippen LogP) is 6.12. The number of carboxylic acids is 1. The average Bonchev–Trinajstić information content (AvgIpc) is 3.56. The second-order valence-electron chi connectivity index (χ2n) is 8.50. The maximum atomic E-state index is 14.9. The lowest BCUT2D eigenvalue weighted by molar-refractivity contribution is -0.139. The number of nitrogens with zero attached hydrogens (tertiary/aromatic N) is 1. The Morgan fingerprint density at radius 3 is 2.40 bits per heavy atom. The minimum absolute atomic E-state index is 0.253. The summed E-state index contributed by atoms with van der Waals surface area (Å²) in [5, 5.41) is 25.0. The first kappa shape index (κ1) is 23.0. The molecule has 3 aromatic carbocycles. The Hall–Kier alpha value is -3.75. The molecule has 1 aliphatic carbocycles. The summed E-state index contributed by atoms with van der Waals surface area (Å²) < 4.78 is 20.1. The molecule has 178 valence electrons. The lowest BCUT2D eigenvalue weighted by atomic mass is 9.99. The lowest BCUT2D eigenvalue weighted by Gasteiger charge is -2.12. The number of aliphatic carboxylic acids is 1. The molecule has 0 radical (unpaired) electrons. The van der Waals surface area contributed by atoms with Crippen molar-refractivity contribution in [2.45, 2.75) is 12.5 Å². The second-order valence-corrected chi connectivity index (χ2v) is 9.36. The first-order valence-electron chi connectivity index (χ1n) is 11.1. The van der Waals surface area contributed by atoms with E-state index in [-0.39, 0.29) is 5.92 Å². The van der Waals surface area contributed by atoms with E-state index < -0.39 is 23.8 Å². The van der Waals surface area contributed by atoms with E-state index in [9.17, 15) is 14.3 Å². The van der Waals surface area contributed by atoms with Gasteiger partial charge < -0.3 is 20.3 Å². The summed E-state index contributed by atoms with van der Waals surface area (Å²) in [5.74, 6) is -1.24. The van der Waals surface area contributed by atoms with Crippen LogP contribution in [-0.2, 0) is 4.79 Å². The third kappa shape index (κ3) is 4.89. The molecule has 1 aromatic heterocycles. The van der Waals surface area contributed by atoms with Gasteiger partial charge in [-0.3, -0.25) is 4.79 Å². The SMILES string of the molecule is COc1ccc(-c2csc(Nc3ccc(-c4ccc(C(O)[C@H]5C[C@@H]5C(=O)O)cc4)cc3F)n2)cc1.